The second kappa shape index (κ2) is 6.80. The predicted octanol–water partition coefficient (Wildman–Crippen LogP) is 4.76. The molecule has 128 valence electrons. The molecule has 2 amide bonds. The van der Waals surface area contributed by atoms with E-state index in [2.05, 4.69) is 15.3 Å². The van der Waals surface area contributed by atoms with Gasteiger partial charge in [0.2, 0.25) is 0 Å². The van der Waals surface area contributed by atoms with Gasteiger partial charge in [0.1, 0.15) is 5.01 Å². The van der Waals surface area contributed by atoms with E-state index < -0.39 is 0 Å². The zero-order chi connectivity index (χ0) is 17.2. The third kappa shape index (κ3) is 3.22. The summed E-state index contributed by atoms with van der Waals surface area (Å²) in [4.78, 5) is 23.8. The fourth-order valence-corrected chi connectivity index (χ4v) is 4.17. The summed E-state index contributed by atoms with van der Waals surface area (Å²) in [5.74, 6) is 0. The molecule has 3 aromatic rings. The number of nitrogens with one attached hydrogen (secondary N) is 1. The minimum absolute atomic E-state index is 0.0621. The molecule has 25 heavy (non-hydrogen) atoms. The summed E-state index contributed by atoms with van der Waals surface area (Å²) in [6.07, 6.45) is 4.94. The van der Waals surface area contributed by atoms with Gasteiger partial charge in [-0.15, -0.1) is 11.3 Å². The fourth-order valence-electron chi connectivity index (χ4n) is 3.38. The summed E-state index contributed by atoms with van der Waals surface area (Å²) in [5.41, 5.74) is 2.67. The maximum absolute atomic E-state index is 13.0. The minimum Gasteiger partial charge on any atom is -0.315 e. The number of pyridine rings is 1. The zero-order valence-electron chi connectivity index (χ0n) is 14.1. The Bertz CT molecular complexity index is 894. The molecule has 1 N–H and O–H groups in total. The smallest absolute Gasteiger partial charge is 0.315 e. The van der Waals surface area contributed by atoms with Gasteiger partial charge in [0, 0.05) is 29.2 Å². The Kier molecular flexibility index (Phi) is 4.36. The molecule has 4 rings (SSSR count). The summed E-state index contributed by atoms with van der Waals surface area (Å²) >= 11 is 1.62. The molecule has 0 unspecified atom stereocenters. The van der Waals surface area contributed by atoms with Crippen molar-refractivity contribution in [2.24, 2.45) is 0 Å². The number of rotatable bonds is 2. The first-order valence-electron chi connectivity index (χ1n) is 8.56. The molecule has 1 aromatic carbocycles. The Labute approximate surface area is 150 Å². The van der Waals surface area contributed by atoms with Gasteiger partial charge in [-0.1, -0.05) is 6.07 Å². The van der Waals surface area contributed by atoms with Crippen molar-refractivity contribution in [3.8, 4) is 0 Å². The molecule has 0 bridgehead atoms. The van der Waals surface area contributed by atoms with Crippen LogP contribution in [0.15, 0.2) is 41.9 Å². The summed E-state index contributed by atoms with van der Waals surface area (Å²) < 4.78 is 0. The number of carbonyl (C=O) groups is 1. The van der Waals surface area contributed by atoms with E-state index in [1.807, 2.05) is 53.7 Å². The maximum atomic E-state index is 13.0. The van der Waals surface area contributed by atoms with Crippen molar-refractivity contribution in [2.45, 2.75) is 32.2 Å². The molecule has 1 fully saturated rings. The third-order valence-electron chi connectivity index (χ3n) is 4.61. The van der Waals surface area contributed by atoms with Crippen LogP contribution in [-0.2, 0) is 0 Å². The highest BCUT2D eigenvalue weighted by atomic mass is 32.1. The SMILES string of the molecule is Cc1ccc2c(NC(=O)N3CCCC[C@@H]3c3nccs3)cccc2n1. The highest BCUT2D eigenvalue weighted by molar-refractivity contribution is 7.09. The summed E-state index contributed by atoms with van der Waals surface area (Å²) in [7, 11) is 0. The van der Waals surface area contributed by atoms with Gasteiger partial charge in [-0.2, -0.15) is 0 Å². The van der Waals surface area contributed by atoms with Crippen LogP contribution >= 0.6 is 11.3 Å². The molecule has 0 saturated carbocycles. The van der Waals surface area contributed by atoms with Gasteiger partial charge < -0.3 is 10.2 Å². The second-order valence-electron chi connectivity index (χ2n) is 6.33. The number of piperidine rings is 1. The first-order valence-corrected chi connectivity index (χ1v) is 9.44. The van der Waals surface area contributed by atoms with Crippen molar-refractivity contribution in [2.75, 3.05) is 11.9 Å². The van der Waals surface area contributed by atoms with E-state index in [0.29, 0.717) is 0 Å². The summed E-state index contributed by atoms with van der Waals surface area (Å²) in [6, 6.07) is 9.83. The Morgan fingerprint density at radius 2 is 2.20 bits per heavy atom. The standard InChI is InChI=1S/C19H20N4OS/c1-13-8-9-14-15(21-13)5-4-6-16(14)22-19(24)23-11-3-2-7-17(23)18-20-10-12-25-18/h4-6,8-10,12,17H,2-3,7,11H2,1H3,(H,22,24)/t17-/m1/s1. The van der Waals surface area contributed by atoms with Crippen LogP contribution in [0, 0.1) is 6.92 Å². The number of likely N-dealkylation sites (tertiary alicyclic amines) is 1. The topological polar surface area (TPSA) is 58.1 Å². The fraction of sp³-hybridized carbons (Fsp3) is 0.316. The van der Waals surface area contributed by atoms with E-state index in [1.54, 1.807) is 11.3 Å². The Morgan fingerprint density at radius 3 is 3.04 bits per heavy atom. The van der Waals surface area contributed by atoms with E-state index in [9.17, 15) is 4.79 Å². The largest absolute Gasteiger partial charge is 0.322 e. The van der Waals surface area contributed by atoms with Crippen LogP contribution in [0.1, 0.15) is 36.0 Å². The third-order valence-corrected chi connectivity index (χ3v) is 5.49. The van der Waals surface area contributed by atoms with Crippen molar-refractivity contribution in [3.63, 3.8) is 0 Å². The number of carbonyl (C=O) groups excluding carboxylic acids is 1. The highest BCUT2D eigenvalue weighted by Gasteiger charge is 2.29. The number of nitrogens with zero attached hydrogens (tertiary/aromatic N) is 3. The van der Waals surface area contributed by atoms with E-state index in [4.69, 9.17) is 0 Å². The number of aryl methyl sites for hydroxylation is 1. The van der Waals surface area contributed by atoms with Gasteiger partial charge in [0.15, 0.2) is 0 Å². The van der Waals surface area contributed by atoms with Crippen LogP contribution in [0.2, 0.25) is 0 Å². The average molecular weight is 352 g/mol. The molecule has 6 heteroatoms. The van der Waals surface area contributed by atoms with Crippen molar-refractivity contribution in [3.05, 3.63) is 52.6 Å². The van der Waals surface area contributed by atoms with Crippen LogP contribution in [0.5, 0.6) is 0 Å². The van der Waals surface area contributed by atoms with Crippen molar-refractivity contribution in [1.82, 2.24) is 14.9 Å². The van der Waals surface area contributed by atoms with Gasteiger partial charge in [-0.3, -0.25) is 4.98 Å². The van der Waals surface area contributed by atoms with Gasteiger partial charge in [-0.05, 0) is 50.5 Å². The number of anilines is 1. The van der Waals surface area contributed by atoms with Crippen LogP contribution in [0.25, 0.3) is 10.9 Å². The Morgan fingerprint density at radius 1 is 1.28 bits per heavy atom. The average Bonchev–Trinajstić information content (AvgIpc) is 3.16. The van der Waals surface area contributed by atoms with Crippen LogP contribution in [-0.4, -0.2) is 27.4 Å². The van der Waals surface area contributed by atoms with E-state index in [0.717, 1.165) is 53.1 Å². The number of benzene rings is 1. The monoisotopic (exact) mass is 352 g/mol. The number of amides is 2. The lowest BCUT2D eigenvalue weighted by Crippen LogP contribution is -2.41. The number of fused-ring (bicyclic) bond motifs is 1. The number of hydrogen-bond acceptors (Lipinski definition) is 4. The predicted molar refractivity (Wildman–Crippen MR) is 101 cm³/mol. The van der Waals surface area contributed by atoms with Crippen LogP contribution in [0.3, 0.4) is 0 Å². The van der Waals surface area contributed by atoms with Crippen LogP contribution < -0.4 is 5.32 Å². The molecule has 1 saturated heterocycles. The number of aromatic nitrogens is 2. The second-order valence-corrected chi connectivity index (χ2v) is 7.26. The molecule has 2 aromatic heterocycles. The zero-order valence-corrected chi connectivity index (χ0v) is 14.9. The molecule has 0 radical (unpaired) electrons. The quantitative estimate of drug-likeness (QED) is 0.723. The molecule has 5 nitrogen and oxygen atoms in total. The Hall–Kier alpha value is -2.47. The van der Waals surface area contributed by atoms with Gasteiger partial charge in [-0.25, -0.2) is 9.78 Å². The summed E-state index contributed by atoms with van der Waals surface area (Å²) in [6.45, 7) is 2.73. The van der Waals surface area contributed by atoms with Gasteiger partial charge in [0.25, 0.3) is 0 Å². The van der Waals surface area contributed by atoms with E-state index >= 15 is 0 Å². The molecule has 0 spiro atoms. The van der Waals surface area contributed by atoms with Crippen molar-refractivity contribution < 1.29 is 4.79 Å². The van der Waals surface area contributed by atoms with Gasteiger partial charge >= 0.3 is 6.03 Å². The highest BCUT2D eigenvalue weighted by Crippen LogP contribution is 2.33. The number of urea groups is 1. The first kappa shape index (κ1) is 16.0. The Balaban J connectivity index is 1.61. The lowest BCUT2D eigenvalue weighted by molar-refractivity contribution is 0.163. The first-order chi connectivity index (χ1) is 12.2. The number of thiazole rings is 1. The normalized spacial score (nSPS) is 17.6. The molecule has 1 aliphatic heterocycles. The van der Waals surface area contributed by atoms with Crippen molar-refractivity contribution in [1.29, 1.82) is 0 Å². The molecule has 0 aliphatic carbocycles. The maximum Gasteiger partial charge on any atom is 0.322 e. The van der Waals surface area contributed by atoms with Crippen LogP contribution in [0.4, 0.5) is 10.5 Å². The molecule has 1 aliphatic rings. The molecule has 3 heterocycles. The van der Waals surface area contributed by atoms with E-state index in [-0.39, 0.29) is 12.1 Å². The minimum atomic E-state index is -0.0621. The number of hydrogen-bond donors (Lipinski definition) is 1. The lowest BCUT2D eigenvalue weighted by atomic mass is 10.0. The van der Waals surface area contributed by atoms with Gasteiger partial charge in [0.05, 0.1) is 17.2 Å². The molecule has 1 atom stereocenters. The van der Waals surface area contributed by atoms with Crippen molar-refractivity contribution >= 4 is 34.0 Å². The van der Waals surface area contributed by atoms with E-state index in [1.165, 1.54) is 0 Å². The lowest BCUT2D eigenvalue weighted by Gasteiger charge is -2.34. The molecular formula is C19H20N4OS. The summed E-state index contributed by atoms with van der Waals surface area (Å²) in [5, 5.41) is 7.04. The molecular weight excluding hydrogens is 332 g/mol.